The van der Waals surface area contributed by atoms with Crippen LogP contribution in [0, 0.1) is 0 Å². The van der Waals surface area contributed by atoms with Crippen molar-refractivity contribution in [3.05, 3.63) is 48.0 Å². The first-order valence-corrected chi connectivity index (χ1v) is 7.29. The van der Waals surface area contributed by atoms with E-state index in [0.717, 1.165) is 21.2 Å². The average molecular weight is 306 g/mol. The number of carboxylic acid groups (broad SMARTS) is 1. The average Bonchev–Trinajstić information content (AvgIpc) is 2.44. The lowest BCUT2D eigenvalue weighted by atomic mass is 9.98. The maximum Gasteiger partial charge on any atom is 0.329 e. The first kappa shape index (κ1) is 13.3. The van der Waals surface area contributed by atoms with Gasteiger partial charge in [0.15, 0.2) is 4.87 Å². The van der Waals surface area contributed by atoms with Crippen molar-refractivity contribution in [2.45, 2.75) is 21.6 Å². The summed E-state index contributed by atoms with van der Waals surface area (Å²) < 4.78 is 0. The molecule has 1 heterocycles. The molecule has 2 N–H and O–H groups in total. The van der Waals surface area contributed by atoms with Gasteiger partial charge in [-0.05, 0) is 25.1 Å². The van der Waals surface area contributed by atoms with E-state index < -0.39 is 10.8 Å². The molecule has 20 heavy (non-hydrogen) atoms. The normalized spacial score (nSPS) is 15.5. The smallest absolute Gasteiger partial charge is 0.329 e. The number of carboxylic acids is 1. The summed E-state index contributed by atoms with van der Waals surface area (Å²) >= 11 is 7.82. The van der Waals surface area contributed by atoms with Gasteiger partial charge in [0.05, 0.1) is 11.4 Å². The van der Waals surface area contributed by atoms with Gasteiger partial charge >= 0.3 is 5.97 Å². The van der Waals surface area contributed by atoms with Gasteiger partial charge in [-0.15, -0.1) is 11.6 Å². The summed E-state index contributed by atoms with van der Waals surface area (Å²) in [6.07, 6.45) is 0. The highest BCUT2D eigenvalue weighted by Crippen LogP contribution is 2.48. The van der Waals surface area contributed by atoms with Gasteiger partial charge in [0.1, 0.15) is 0 Å². The molecule has 1 aliphatic heterocycles. The summed E-state index contributed by atoms with van der Waals surface area (Å²) in [6.45, 7) is 1.50. The van der Waals surface area contributed by atoms with Crippen molar-refractivity contribution in [2.75, 3.05) is 5.32 Å². The fourth-order valence-electron chi connectivity index (χ4n) is 2.16. The number of nitrogens with one attached hydrogen (secondary N) is 1. The fraction of sp³-hybridized carbons (Fsp3) is 0.133. The van der Waals surface area contributed by atoms with Gasteiger partial charge in [-0.25, -0.2) is 4.79 Å². The van der Waals surface area contributed by atoms with Gasteiger partial charge < -0.3 is 10.4 Å². The highest BCUT2D eigenvalue weighted by atomic mass is 35.5. The second-order valence-electron chi connectivity index (χ2n) is 4.71. The Morgan fingerprint density at radius 2 is 1.90 bits per heavy atom. The van der Waals surface area contributed by atoms with Gasteiger partial charge in [-0.2, -0.15) is 0 Å². The summed E-state index contributed by atoms with van der Waals surface area (Å²) in [7, 11) is 0. The predicted molar refractivity (Wildman–Crippen MR) is 81.1 cm³/mol. The molecule has 1 aliphatic rings. The molecule has 1 atom stereocenters. The third-order valence-corrected chi connectivity index (χ3v) is 4.80. The summed E-state index contributed by atoms with van der Waals surface area (Å²) in [4.78, 5) is 12.0. The summed E-state index contributed by atoms with van der Waals surface area (Å²) in [5.74, 6) is -1.06. The Balaban J connectivity index is 2.14. The molecule has 0 bridgehead atoms. The van der Waals surface area contributed by atoms with Gasteiger partial charge in [0.2, 0.25) is 0 Å². The molecule has 0 aromatic heterocycles. The number of rotatable bonds is 2. The lowest BCUT2D eigenvalue weighted by Gasteiger charge is -2.27. The maximum absolute atomic E-state index is 11.4. The molecule has 5 heteroatoms. The Hall–Kier alpha value is -1.65. The van der Waals surface area contributed by atoms with E-state index in [2.05, 4.69) is 5.32 Å². The minimum atomic E-state index is -1.45. The van der Waals surface area contributed by atoms with E-state index >= 15 is 0 Å². The molecule has 0 saturated heterocycles. The molecule has 1 unspecified atom stereocenters. The van der Waals surface area contributed by atoms with Crippen LogP contribution in [0.4, 0.5) is 11.4 Å². The van der Waals surface area contributed by atoms with Gasteiger partial charge in [0, 0.05) is 15.4 Å². The molecule has 0 fully saturated rings. The molecule has 0 saturated carbocycles. The van der Waals surface area contributed by atoms with Crippen molar-refractivity contribution in [1.29, 1.82) is 0 Å². The molecule has 0 amide bonds. The zero-order valence-corrected chi connectivity index (χ0v) is 12.3. The van der Waals surface area contributed by atoms with Crippen molar-refractivity contribution in [1.82, 2.24) is 0 Å². The Morgan fingerprint density at radius 1 is 1.20 bits per heavy atom. The number of aliphatic carboxylic acids is 1. The van der Waals surface area contributed by atoms with Crippen LogP contribution >= 0.6 is 23.4 Å². The van der Waals surface area contributed by atoms with Crippen LogP contribution < -0.4 is 5.32 Å². The third kappa shape index (κ3) is 2.05. The SMILES string of the molecule is CC(Cl)(C(=O)O)c1cccc2c1Nc1ccccc1S2. The highest BCUT2D eigenvalue weighted by Gasteiger charge is 2.36. The van der Waals surface area contributed by atoms with E-state index in [0.29, 0.717) is 5.56 Å². The number of benzene rings is 2. The topological polar surface area (TPSA) is 49.3 Å². The van der Waals surface area contributed by atoms with Crippen LogP contribution in [0.1, 0.15) is 12.5 Å². The van der Waals surface area contributed by atoms with Gasteiger partial charge in [0.25, 0.3) is 0 Å². The molecule has 0 radical (unpaired) electrons. The molecule has 3 rings (SSSR count). The lowest BCUT2D eigenvalue weighted by molar-refractivity contribution is -0.139. The van der Waals surface area contributed by atoms with Gasteiger partial charge in [-0.3, -0.25) is 0 Å². The van der Waals surface area contributed by atoms with Crippen molar-refractivity contribution in [3.8, 4) is 0 Å². The van der Waals surface area contributed by atoms with E-state index in [4.69, 9.17) is 11.6 Å². The standard InChI is InChI=1S/C15H12ClNO2S/c1-15(16,14(18)19)9-5-4-8-12-13(9)17-10-6-2-3-7-11(10)20-12/h2-8,17H,1H3,(H,18,19). The Morgan fingerprint density at radius 3 is 2.65 bits per heavy atom. The monoisotopic (exact) mass is 305 g/mol. The number of alkyl halides is 1. The first-order valence-electron chi connectivity index (χ1n) is 6.10. The number of fused-ring (bicyclic) bond motifs is 2. The van der Waals surface area contributed by atoms with Crippen LogP contribution in [0.3, 0.4) is 0 Å². The van der Waals surface area contributed by atoms with E-state index in [-0.39, 0.29) is 0 Å². The van der Waals surface area contributed by atoms with Crippen LogP contribution in [-0.2, 0) is 9.67 Å². The second-order valence-corrected chi connectivity index (χ2v) is 6.55. The molecular formula is C15H12ClNO2S. The Labute approximate surface area is 126 Å². The maximum atomic E-state index is 11.4. The number of anilines is 2. The Bertz CT molecular complexity index is 700. The van der Waals surface area contributed by atoms with E-state index in [1.54, 1.807) is 17.8 Å². The minimum Gasteiger partial charge on any atom is -0.480 e. The molecule has 0 spiro atoms. The van der Waals surface area contributed by atoms with Crippen molar-refractivity contribution >= 4 is 40.7 Å². The van der Waals surface area contributed by atoms with E-state index in [1.807, 2.05) is 36.4 Å². The number of hydrogen-bond donors (Lipinski definition) is 2. The van der Waals surface area contributed by atoms with Crippen LogP contribution in [-0.4, -0.2) is 11.1 Å². The van der Waals surface area contributed by atoms with Crippen molar-refractivity contribution in [2.24, 2.45) is 0 Å². The molecule has 2 aromatic rings. The van der Waals surface area contributed by atoms with Crippen molar-refractivity contribution in [3.63, 3.8) is 0 Å². The molecule has 3 nitrogen and oxygen atoms in total. The predicted octanol–water partition coefficient (Wildman–Crippen LogP) is 4.43. The fourth-order valence-corrected chi connectivity index (χ4v) is 3.34. The molecule has 0 aliphatic carbocycles. The van der Waals surface area contributed by atoms with Crippen LogP contribution in [0.15, 0.2) is 52.3 Å². The first-order chi connectivity index (χ1) is 9.50. The van der Waals surface area contributed by atoms with Crippen LogP contribution in [0.5, 0.6) is 0 Å². The lowest BCUT2D eigenvalue weighted by Crippen LogP contribution is -2.27. The van der Waals surface area contributed by atoms with E-state index in [9.17, 15) is 9.90 Å². The quantitative estimate of drug-likeness (QED) is 0.688. The van der Waals surface area contributed by atoms with Crippen LogP contribution in [0.2, 0.25) is 0 Å². The number of halogens is 1. The van der Waals surface area contributed by atoms with E-state index in [1.165, 1.54) is 6.92 Å². The zero-order valence-electron chi connectivity index (χ0n) is 10.7. The summed E-state index contributed by atoms with van der Waals surface area (Å²) in [5.41, 5.74) is 2.32. The largest absolute Gasteiger partial charge is 0.480 e. The number of hydrogen-bond acceptors (Lipinski definition) is 3. The molecule has 102 valence electrons. The molecule has 2 aromatic carbocycles. The minimum absolute atomic E-state index is 0.575. The highest BCUT2D eigenvalue weighted by molar-refractivity contribution is 7.99. The van der Waals surface area contributed by atoms with Crippen LogP contribution in [0.25, 0.3) is 0 Å². The summed E-state index contributed by atoms with van der Waals surface area (Å²) in [6, 6.07) is 13.5. The van der Waals surface area contributed by atoms with Crippen molar-refractivity contribution < 1.29 is 9.90 Å². The number of carbonyl (C=O) groups is 1. The summed E-state index contributed by atoms with van der Waals surface area (Å²) in [5, 5.41) is 12.6. The second kappa shape index (κ2) is 4.72. The Kier molecular flexibility index (Phi) is 3.15. The third-order valence-electron chi connectivity index (χ3n) is 3.30. The van der Waals surface area contributed by atoms with Gasteiger partial charge in [-0.1, -0.05) is 36.0 Å². The zero-order chi connectivity index (χ0) is 14.3. The molecular weight excluding hydrogens is 294 g/mol. The number of para-hydroxylation sites is 2.